The van der Waals surface area contributed by atoms with E-state index in [0.29, 0.717) is 0 Å². The summed E-state index contributed by atoms with van der Waals surface area (Å²) in [5, 5.41) is 12.5. The Hall–Kier alpha value is -1.52. The van der Waals surface area contributed by atoms with E-state index >= 15 is 0 Å². The summed E-state index contributed by atoms with van der Waals surface area (Å²) in [6, 6.07) is -1.22. The number of hydrogen-bond acceptors (Lipinski definition) is 5. The Bertz CT molecular complexity index is 432. The van der Waals surface area contributed by atoms with Crippen molar-refractivity contribution >= 4 is 6.03 Å². The van der Waals surface area contributed by atoms with Crippen molar-refractivity contribution in [3.63, 3.8) is 0 Å². The fraction of sp³-hybridized carbons (Fsp3) is 0.923. The van der Waals surface area contributed by atoms with Crippen LogP contribution in [0.1, 0.15) is 0 Å². The number of amides is 2. The molecule has 0 spiro atoms. The molecule has 0 unspecified atom stereocenters. The Kier molecular flexibility index (Phi) is 11.0. The first-order chi connectivity index (χ1) is 13.1. The molecule has 29 heavy (non-hydrogen) atoms. The maximum Gasteiger partial charge on any atom is 0.411 e. The zero-order chi connectivity index (χ0) is 22.8. The molecule has 0 fully saturated rings. The van der Waals surface area contributed by atoms with Gasteiger partial charge in [0.1, 0.15) is 25.4 Å². The highest BCUT2D eigenvalue weighted by molar-refractivity contribution is 5.74. The number of rotatable bonds is 12. The van der Waals surface area contributed by atoms with Gasteiger partial charge in [0.05, 0.1) is 26.4 Å². The maximum atomic E-state index is 12.3. The zero-order valence-corrected chi connectivity index (χ0v) is 14.6. The Morgan fingerprint density at radius 2 is 1.03 bits per heavy atom. The van der Waals surface area contributed by atoms with Gasteiger partial charge in [-0.15, -0.1) is 0 Å². The number of nitrogens with one attached hydrogen (secondary N) is 2. The van der Waals surface area contributed by atoms with Gasteiger partial charge in [-0.05, 0) is 0 Å². The van der Waals surface area contributed by atoms with E-state index in [2.05, 4.69) is 14.2 Å². The van der Waals surface area contributed by atoms with Gasteiger partial charge in [0.15, 0.2) is 0 Å². The molecule has 0 bridgehead atoms. The van der Waals surface area contributed by atoms with Crippen LogP contribution in [0.4, 0.5) is 44.3 Å². The second kappa shape index (κ2) is 11.6. The number of alkyl halides is 9. The predicted octanol–water partition coefficient (Wildman–Crippen LogP) is 1.75. The topological polar surface area (TPSA) is 89.1 Å². The second-order valence-electron chi connectivity index (χ2n) is 5.71. The van der Waals surface area contributed by atoms with Gasteiger partial charge in [-0.3, -0.25) is 0 Å². The van der Waals surface area contributed by atoms with Gasteiger partial charge in [-0.25, -0.2) is 4.79 Å². The molecule has 0 aromatic heterocycles. The number of aliphatic hydroxyl groups is 1. The summed E-state index contributed by atoms with van der Waals surface area (Å²) in [4.78, 5) is 11.7. The quantitative estimate of drug-likeness (QED) is 0.391. The Morgan fingerprint density at radius 1 is 0.690 bits per heavy atom. The van der Waals surface area contributed by atoms with Gasteiger partial charge in [0, 0.05) is 6.54 Å². The fourth-order valence-corrected chi connectivity index (χ4v) is 1.77. The van der Waals surface area contributed by atoms with Crippen LogP contribution in [0.15, 0.2) is 0 Å². The molecule has 16 heteroatoms. The van der Waals surface area contributed by atoms with Crippen molar-refractivity contribution in [3.05, 3.63) is 0 Å². The number of carbonyl (C=O) groups is 1. The van der Waals surface area contributed by atoms with Crippen LogP contribution < -0.4 is 10.6 Å². The van der Waals surface area contributed by atoms with E-state index in [1.54, 1.807) is 0 Å². The second-order valence-corrected chi connectivity index (χ2v) is 5.71. The molecule has 174 valence electrons. The van der Waals surface area contributed by atoms with Crippen molar-refractivity contribution in [2.45, 2.75) is 24.1 Å². The van der Waals surface area contributed by atoms with Gasteiger partial charge in [-0.2, -0.15) is 39.5 Å². The summed E-state index contributed by atoms with van der Waals surface area (Å²) in [6.07, 6.45) is -14.6. The van der Waals surface area contributed by atoms with E-state index in [-0.39, 0.29) is 6.54 Å². The highest BCUT2D eigenvalue weighted by Gasteiger charge is 2.39. The highest BCUT2D eigenvalue weighted by Crippen LogP contribution is 2.20. The number of aliphatic hydroxyl groups excluding tert-OH is 1. The largest absolute Gasteiger partial charge is 0.411 e. The molecule has 7 nitrogen and oxygen atoms in total. The molecule has 0 aromatic rings. The lowest BCUT2D eigenvalue weighted by atomic mass is 10.0. The van der Waals surface area contributed by atoms with Crippen molar-refractivity contribution in [3.8, 4) is 0 Å². The van der Waals surface area contributed by atoms with Crippen molar-refractivity contribution in [1.29, 1.82) is 0 Å². The summed E-state index contributed by atoms with van der Waals surface area (Å²) in [5.41, 5.74) is -2.33. The Labute approximate surface area is 158 Å². The van der Waals surface area contributed by atoms with Gasteiger partial charge in [-0.1, -0.05) is 0 Å². The molecule has 0 radical (unpaired) electrons. The molecule has 0 heterocycles. The van der Waals surface area contributed by atoms with Crippen LogP contribution in [0.25, 0.3) is 0 Å². The standard InChI is InChI=1S/C13H19F9N2O5/c14-11(15,16)6-27-3-10(4-28-7-12(17,18)19,5-29-8-13(20,21)22)24-9(26)23-1-2-25/h25H,1-8H2,(H2,23,24,26). The molecule has 0 aliphatic heterocycles. The lowest BCUT2D eigenvalue weighted by Crippen LogP contribution is -2.61. The number of urea groups is 1. The third-order valence-electron chi connectivity index (χ3n) is 2.71. The van der Waals surface area contributed by atoms with Crippen molar-refractivity contribution < 1.29 is 63.6 Å². The minimum atomic E-state index is -4.86. The molecule has 0 aromatic carbocycles. The van der Waals surface area contributed by atoms with Crippen LogP contribution >= 0.6 is 0 Å². The minimum Gasteiger partial charge on any atom is -0.395 e. The lowest BCUT2D eigenvalue weighted by Gasteiger charge is -2.34. The molecule has 0 aliphatic carbocycles. The first kappa shape index (κ1) is 27.5. The van der Waals surface area contributed by atoms with E-state index in [0.717, 1.165) is 0 Å². The summed E-state index contributed by atoms with van der Waals surface area (Å²) in [5.74, 6) is 0. The van der Waals surface area contributed by atoms with Gasteiger partial charge in [0.25, 0.3) is 0 Å². The van der Waals surface area contributed by atoms with E-state index in [1.807, 2.05) is 10.6 Å². The normalized spacial score (nSPS) is 13.4. The molecular weight excluding hydrogens is 435 g/mol. The molecule has 0 atom stereocenters. The van der Waals surface area contributed by atoms with Crippen molar-refractivity contribution in [2.75, 3.05) is 52.8 Å². The Morgan fingerprint density at radius 3 is 1.31 bits per heavy atom. The monoisotopic (exact) mass is 454 g/mol. The van der Waals surface area contributed by atoms with Crippen LogP contribution in [0.3, 0.4) is 0 Å². The SMILES string of the molecule is O=C(NCCO)NC(COCC(F)(F)F)(COCC(F)(F)F)COCC(F)(F)F. The summed E-state index contributed by atoms with van der Waals surface area (Å²) < 4.78 is 123. The predicted molar refractivity (Wildman–Crippen MR) is 77.0 cm³/mol. The van der Waals surface area contributed by atoms with Crippen LogP contribution in [-0.2, 0) is 14.2 Å². The van der Waals surface area contributed by atoms with Crippen LogP contribution in [-0.4, -0.2) is 88.0 Å². The van der Waals surface area contributed by atoms with E-state index in [1.165, 1.54) is 0 Å². The molecular formula is C13H19F9N2O5. The van der Waals surface area contributed by atoms with Crippen LogP contribution in [0.2, 0.25) is 0 Å². The Balaban J connectivity index is 5.34. The summed E-state index contributed by atoms with van der Waals surface area (Å²) in [7, 11) is 0. The van der Waals surface area contributed by atoms with E-state index in [4.69, 9.17) is 5.11 Å². The average Bonchev–Trinajstić information content (AvgIpc) is 2.49. The lowest BCUT2D eigenvalue weighted by molar-refractivity contribution is -0.200. The van der Waals surface area contributed by atoms with Crippen molar-refractivity contribution in [2.24, 2.45) is 0 Å². The minimum absolute atomic E-state index is 0.363. The molecule has 3 N–H and O–H groups in total. The van der Waals surface area contributed by atoms with Crippen LogP contribution in [0.5, 0.6) is 0 Å². The summed E-state index contributed by atoms with van der Waals surface area (Å²) in [6.45, 7) is -10.2. The zero-order valence-electron chi connectivity index (χ0n) is 14.6. The first-order valence-corrected chi connectivity index (χ1v) is 7.68. The molecule has 0 saturated carbocycles. The third-order valence-corrected chi connectivity index (χ3v) is 2.71. The van der Waals surface area contributed by atoms with E-state index in [9.17, 15) is 44.3 Å². The maximum absolute atomic E-state index is 12.3. The van der Waals surface area contributed by atoms with Crippen molar-refractivity contribution in [1.82, 2.24) is 10.6 Å². The molecule has 2 amide bonds. The summed E-state index contributed by atoms with van der Waals surface area (Å²) >= 11 is 0. The van der Waals surface area contributed by atoms with Gasteiger partial charge in [0.2, 0.25) is 0 Å². The molecule has 0 saturated heterocycles. The van der Waals surface area contributed by atoms with Gasteiger partial charge >= 0.3 is 24.6 Å². The highest BCUT2D eigenvalue weighted by atomic mass is 19.4. The smallest absolute Gasteiger partial charge is 0.395 e. The number of carbonyl (C=O) groups excluding carboxylic acids is 1. The average molecular weight is 454 g/mol. The fourth-order valence-electron chi connectivity index (χ4n) is 1.77. The number of hydrogen-bond donors (Lipinski definition) is 3. The van der Waals surface area contributed by atoms with Crippen LogP contribution in [0, 0.1) is 0 Å². The number of ether oxygens (including phenoxy) is 3. The van der Waals surface area contributed by atoms with E-state index < -0.39 is 76.3 Å². The molecule has 0 aliphatic rings. The van der Waals surface area contributed by atoms with Gasteiger partial charge < -0.3 is 30.0 Å². The third kappa shape index (κ3) is 16.0. The number of halogens is 9. The molecule has 0 rings (SSSR count). The first-order valence-electron chi connectivity index (χ1n) is 7.68.